The van der Waals surface area contributed by atoms with Crippen LogP contribution in [0.2, 0.25) is 0 Å². The minimum Gasteiger partial charge on any atom is -0.287 e. The Balaban J connectivity index is 2.07. The van der Waals surface area contributed by atoms with E-state index < -0.39 is 0 Å². The second kappa shape index (κ2) is 5.34. The quantitative estimate of drug-likeness (QED) is 0.935. The van der Waals surface area contributed by atoms with Gasteiger partial charge in [-0.1, -0.05) is 60.7 Å². The molecule has 3 heteroatoms. The van der Waals surface area contributed by atoms with E-state index in [1.54, 1.807) is 0 Å². The Labute approximate surface area is 125 Å². The van der Waals surface area contributed by atoms with Gasteiger partial charge < -0.3 is 0 Å². The molecular formula is C18H20N2O. The topological polar surface area (TPSA) is 32.3 Å². The Morgan fingerprint density at radius 2 is 1.43 bits per heavy atom. The van der Waals surface area contributed by atoms with E-state index >= 15 is 0 Å². The van der Waals surface area contributed by atoms with E-state index in [0.29, 0.717) is 6.42 Å². The summed E-state index contributed by atoms with van der Waals surface area (Å²) in [6.45, 7) is 4.20. The third-order valence-corrected chi connectivity index (χ3v) is 3.98. The van der Waals surface area contributed by atoms with Crippen LogP contribution in [0.1, 0.15) is 37.4 Å². The maximum atomic E-state index is 11.9. The predicted octanol–water partition coefficient (Wildman–Crippen LogP) is 3.29. The second-order valence-electron chi connectivity index (χ2n) is 6.12. The van der Waals surface area contributed by atoms with Gasteiger partial charge in [0, 0.05) is 12.0 Å². The molecule has 3 rings (SSSR count). The van der Waals surface area contributed by atoms with Crippen molar-refractivity contribution in [3.05, 3.63) is 71.8 Å². The number of hydrogen-bond donors (Lipinski definition) is 1. The number of nitrogens with one attached hydrogen (secondary N) is 1. The van der Waals surface area contributed by atoms with Crippen LogP contribution in [-0.4, -0.2) is 16.5 Å². The number of hydrogen-bond acceptors (Lipinski definition) is 2. The molecule has 21 heavy (non-hydrogen) atoms. The largest absolute Gasteiger partial charge is 0.287 e. The second-order valence-corrected chi connectivity index (χ2v) is 6.12. The predicted molar refractivity (Wildman–Crippen MR) is 83.4 cm³/mol. The lowest BCUT2D eigenvalue weighted by Gasteiger charge is -2.37. The van der Waals surface area contributed by atoms with Gasteiger partial charge in [-0.05, 0) is 25.0 Å². The lowest BCUT2D eigenvalue weighted by atomic mass is 9.93. The fourth-order valence-electron chi connectivity index (χ4n) is 2.98. The van der Waals surface area contributed by atoms with Crippen LogP contribution in [0.15, 0.2) is 60.7 Å². The summed E-state index contributed by atoms with van der Waals surface area (Å²) in [5, 5.41) is 2.08. The molecule has 108 valence electrons. The smallest absolute Gasteiger partial charge is 0.236 e. The average Bonchev–Trinajstić information content (AvgIpc) is 2.74. The van der Waals surface area contributed by atoms with Crippen LogP contribution in [0.3, 0.4) is 0 Å². The zero-order valence-electron chi connectivity index (χ0n) is 12.4. The van der Waals surface area contributed by atoms with Crippen molar-refractivity contribution in [3.8, 4) is 0 Å². The Kier molecular flexibility index (Phi) is 3.52. The molecule has 0 bridgehead atoms. The number of benzene rings is 2. The van der Waals surface area contributed by atoms with Crippen molar-refractivity contribution in [3.63, 3.8) is 0 Å². The van der Waals surface area contributed by atoms with E-state index in [9.17, 15) is 4.79 Å². The van der Waals surface area contributed by atoms with Crippen molar-refractivity contribution >= 4 is 5.91 Å². The summed E-state index contributed by atoms with van der Waals surface area (Å²) in [6.07, 6.45) is 0.517. The molecule has 2 aromatic rings. The first-order valence-corrected chi connectivity index (χ1v) is 7.27. The highest BCUT2D eigenvalue weighted by Gasteiger charge is 2.42. The fraction of sp³-hybridized carbons (Fsp3) is 0.278. The van der Waals surface area contributed by atoms with E-state index in [1.807, 2.05) is 36.4 Å². The van der Waals surface area contributed by atoms with Crippen LogP contribution >= 0.6 is 0 Å². The Morgan fingerprint density at radius 1 is 0.952 bits per heavy atom. The minimum atomic E-state index is -0.215. The third-order valence-electron chi connectivity index (χ3n) is 3.98. The van der Waals surface area contributed by atoms with E-state index in [-0.39, 0.29) is 17.5 Å². The van der Waals surface area contributed by atoms with Gasteiger partial charge in [-0.25, -0.2) is 5.01 Å². The van der Waals surface area contributed by atoms with Gasteiger partial charge in [-0.15, -0.1) is 0 Å². The molecule has 1 saturated heterocycles. The number of nitrogens with zero attached hydrogens (tertiary/aromatic N) is 1. The Hall–Kier alpha value is -2.13. The SMILES string of the molecule is CC1(C)CC(=O)NN1C(c1ccccc1)c1ccccc1. The van der Waals surface area contributed by atoms with Gasteiger partial charge in [0.05, 0.1) is 6.04 Å². The van der Waals surface area contributed by atoms with Crippen molar-refractivity contribution < 1.29 is 4.79 Å². The summed E-state index contributed by atoms with van der Waals surface area (Å²) in [5.41, 5.74) is 5.18. The number of amides is 1. The average molecular weight is 280 g/mol. The minimum absolute atomic E-state index is 0.0221. The highest BCUT2D eigenvalue weighted by molar-refractivity contribution is 5.79. The zero-order valence-corrected chi connectivity index (χ0v) is 12.4. The van der Waals surface area contributed by atoms with Gasteiger partial charge >= 0.3 is 0 Å². The van der Waals surface area contributed by atoms with Gasteiger partial charge in [0.25, 0.3) is 0 Å². The Morgan fingerprint density at radius 3 is 1.81 bits per heavy atom. The molecule has 1 aliphatic heterocycles. The number of hydrazine groups is 1. The monoisotopic (exact) mass is 280 g/mol. The molecule has 0 aromatic heterocycles. The lowest BCUT2D eigenvalue weighted by molar-refractivity contribution is -0.121. The molecule has 0 saturated carbocycles. The first-order chi connectivity index (χ1) is 10.1. The van der Waals surface area contributed by atoms with Crippen molar-refractivity contribution in [2.24, 2.45) is 0 Å². The molecule has 1 aliphatic rings. The molecule has 0 radical (unpaired) electrons. The van der Waals surface area contributed by atoms with Crippen molar-refractivity contribution in [1.29, 1.82) is 0 Å². The highest BCUT2D eigenvalue weighted by Crippen LogP contribution is 2.36. The Bertz CT molecular complexity index is 583. The van der Waals surface area contributed by atoms with Gasteiger partial charge in [0.2, 0.25) is 5.91 Å². The van der Waals surface area contributed by atoms with Gasteiger partial charge in [0.15, 0.2) is 0 Å². The lowest BCUT2D eigenvalue weighted by Crippen LogP contribution is -2.47. The molecule has 0 atom stereocenters. The van der Waals surface area contributed by atoms with E-state index in [2.05, 4.69) is 48.5 Å². The maximum Gasteiger partial charge on any atom is 0.236 e. The highest BCUT2D eigenvalue weighted by atomic mass is 16.2. The molecule has 1 N–H and O–H groups in total. The molecule has 3 nitrogen and oxygen atoms in total. The first-order valence-electron chi connectivity index (χ1n) is 7.27. The van der Waals surface area contributed by atoms with Crippen LogP contribution in [0.25, 0.3) is 0 Å². The van der Waals surface area contributed by atoms with Crippen molar-refractivity contribution in [2.45, 2.75) is 31.8 Å². The summed E-state index contributed by atoms with van der Waals surface area (Å²) < 4.78 is 0. The molecule has 0 aliphatic carbocycles. The fourth-order valence-corrected chi connectivity index (χ4v) is 2.98. The normalized spacial score (nSPS) is 18.0. The summed E-state index contributed by atoms with van der Waals surface area (Å²) >= 11 is 0. The van der Waals surface area contributed by atoms with E-state index in [4.69, 9.17) is 0 Å². The molecule has 1 heterocycles. The van der Waals surface area contributed by atoms with Crippen molar-refractivity contribution in [1.82, 2.24) is 10.4 Å². The number of rotatable bonds is 3. The summed E-state index contributed by atoms with van der Waals surface area (Å²) in [5.74, 6) is 0.0804. The van der Waals surface area contributed by atoms with E-state index in [1.165, 1.54) is 11.1 Å². The van der Waals surface area contributed by atoms with E-state index in [0.717, 1.165) is 0 Å². The molecule has 0 unspecified atom stereocenters. The first kappa shape index (κ1) is 13.8. The molecule has 0 spiro atoms. The molecule has 2 aromatic carbocycles. The molecule has 1 fully saturated rings. The van der Waals surface area contributed by atoms with Crippen LogP contribution in [0, 0.1) is 0 Å². The maximum absolute atomic E-state index is 11.9. The summed E-state index contributed by atoms with van der Waals surface area (Å²) in [7, 11) is 0. The summed E-state index contributed by atoms with van der Waals surface area (Å²) in [4.78, 5) is 11.9. The zero-order chi connectivity index (χ0) is 14.9. The van der Waals surface area contributed by atoms with Gasteiger partial charge in [0.1, 0.15) is 0 Å². The van der Waals surface area contributed by atoms with Crippen LogP contribution < -0.4 is 5.43 Å². The number of carbonyl (C=O) groups is 1. The third kappa shape index (κ3) is 2.69. The molecular weight excluding hydrogens is 260 g/mol. The van der Waals surface area contributed by atoms with Crippen LogP contribution in [-0.2, 0) is 4.79 Å². The number of carbonyl (C=O) groups excluding carboxylic acids is 1. The standard InChI is InChI=1S/C18H20N2O/c1-18(2)13-16(21)19-20(18)17(14-9-5-3-6-10-14)15-11-7-4-8-12-15/h3-12,17H,13H2,1-2H3,(H,19,21). The molecule has 1 amide bonds. The van der Waals surface area contributed by atoms with Crippen LogP contribution in [0.4, 0.5) is 0 Å². The van der Waals surface area contributed by atoms with Crippen molar-refractivity contribution in [2.75, 3.05) is 0 Å². The van der Waals surface area contributed by atoms with Gasteiger partial charge in [-0.3, -0.25) is 10.2 Å². The van der Waals surface area contributed by atoms with Gasteiger partial charge in [-0.2, -0.15) is 0 Å². The van der Waals surface area contributed by atoms with Crippen LogP contribution in [0.5, 0.6) is 0 Å². The summed E-state index contributed by atoms with van der Waals surface area (Å²) in [6, 6.07) is 20.6.